The van der Waals surface area contributed by atoms with Crippen LogP contribution in [0.5, 0.6) is 0 Å². The highest BCUT2D eigenvalue weighted by Gasteiger charge is 2.17. The Balaban J connectivity index is 3.23. The van der Waals surface area contributed by atoms with E-state index >= 15 is 0 Å². The van der Waals surface area contributed by atoms with Crippen molar-refractivity contribution in [2.24, 2.45) is 0 Å². The Labute approximate surface area is 69.2 Å². The van der Waals surface area contributed by atoms with Gasteiger partial charge in [-0.3, -0.25) is 4.57 Å². The van der Waals surface area contributed by atoms with Gasteiger partial charge in [0.2, 0.25) is 0 Å². The van der Waals surface area contributed by atoms with Crippen LogP contribution in [0.4, 0.5) is 11.4 Å². The van der Waals surface area contributed by atoms with E-state index in [1.54, 1.807) is 0 Å². The van der Waals surface area contributed by atoms with Crippen LogP contribution in [0.1, 0.15) is 0 Å². The summed E-state index contributed by atoms with van der Waals surface area (Å²) in [6.45, 7) is 0. The molecule has 0 saturated heterocycles. The van der Waals surface area contributed by atoms with E-state index in [1.165, 1.54) is 18.2 Å². The SMILES string of the molecule is Nc1ccc(P(=O)(O)O)cc1N. The van der Waals surface area contributed by atoms with Crippen molar-refractivity contribution in [3.05, 3.63) is 18.2 Å². The van der Waals surface area contributed by atoms with E-state index in [0.29, 0.717) is 5.69 Å². The maximum absolute atomic E-state index is 10.7. The average Bonchev–Trinajstić information content (AvgIpc) is 1.92. The molecule has 0 saturated carbocycles. The van der Waals surface area contributed by atoms with Crippen molar-refractivity contribution in [3.8, 4) is 0 Å². The molecule has 6 heteroatoms. The molecule has 1 aromatic carbocycles. The molecule has 0 aliphatic heterocycles. The summed E-state index contributed by atoms with van der Waals surface area (Å²) in [7, 11) is -4.20. The fraction of sp³-hybridized carbons (Fsp3) is 0. The van der Waals surface area contributed by atoms with Crippen molar-refractivity contribution in [3.63, 3.8) is 0 Å². The topological polar surface area (TPSA) is 110 Å². The third kappa shape index (κ3) is 1.76. The van der Waals surface area contributed by atoms with E-state index in [-0.39, 0.29) is 11.0 Å². The molecule has 0 atom stereocenters. The van der Waals surface area contributed by atoms with Crippen molar-refractivity contribution < 1.29 is 14.4 Å². The van der Waals surface area contributed by atoms with Crippen LogP contribution in [0.2, 0.25) is 0 Å². The second-order valence-corrected chi connectivity index (χ2v) is 3.96. The first-order valence-corrected chi connectivity index (χ1v) is 4.73. The highest BCUT2D eigenvalue weighted by atomic mass is 31.2. The second kappa shape index (κ2) is 2.79. The zero-order chi connectivity index (χ0) is 9.35. The van der Waals surface area contributed by atoms with Gasteiger partial charge in [0.25, 0.3) is 0 Å². The molecule has 5 nitrogen and oxygen atoms in total. The Morgan fingerprint density at radius 3 is 2.17 bits per heavy atom. The minimum absolute atomic E-state index is 0.116. The van der Waals surface area contributed by atoms with Crippen LogP contribution in [-0.4, -0.2) is 9.79 Å². The van der Waals surface area contributed by atoms with Crippen LogP contribution >= 0.6 is 7.60 Å². The zero-order valence-corrected chi connectivity index (χ0v) is 7.03. The Kier molecular flexibility index (Phi) is 2.10. The predicted molar refractivity (Wildman–Crippen MR) is 46.9 cm³/mol. The lowest BCUT2D eigenvalue weighted by molar-refractivity contribution is 0.387. The number of nitrogen functional groups attached to an aromatic ring is 2. The molecule has 0 aliphatic carbocycles. The molecule has 1 aromatic rings. The summed E-state index contributed by atoms with van der Waals surface area (Å²) in [5, 5.41) is -0.116. The fourth-order valence-electron chi connectivity index (χ4n) is 0.743. The van der Waals surface area contributed by atoms with E-state index in [2.05, 4.69) is 0 Å². The molecule has 0 heterocycles. The Hall–Kier alpha value is -1.03. The van der Waals surface area contributed by atoms with Gasteiger partial charge in [0, 0.05) is 0 Å². The second-order valence-electron chi connectivity index (χ2n) is 2.36. The largest absolute Gasteiger partial charge is 0.397 e. The Bertz CT molecular complexity index is 347. The molecule has 12 heavy (non-hydrogen) atoms. The molecule has 0 fully saturated rings. The molecule has 0 radical (unpaired) electrons. The van der Waals surface area contributed by atoms with Crippen molar-refractivity contribution in [1.29, 1.82) is 0 Å². The normalized spacial score (nSPS) is 11.5. The van der Waals surface area contributed by atoms with Crippen LogP contribution in [0, 0.1) is 0 Å². The summed E-state index contributed by atoms with van der Waals surface area (Å²) in [6, 6.07) is 3.80. The summed E-state index contributed by atoms with van der Waals surface area (Å²) in [5.74, 6) is 0. The smallest absolute Gasteiger partial charge is 0.356 e. The molecular weight excluding hydrogens is 179 g/mol. The molecule has 6 N–H and O–H groups in total. The van der Waals surface area contributed by atoms with E-state index in [9.17, 15) is 4.57 Å². The third-order valence-corrected chi connectivity index (χ3v) is 2.36. The third-order valence-electron chi connectivity index (χ3n) is 1.41. The Morgan fingerprint density at radius 2 is 1.75 bits per heavy atom. The molecule has 1 rings (SSSR count). The van der Waals surface area contributed by atoms with Crippen molar-refractivity contribution in [2.75, 3.05) is 11.5 Å². The minimum atomic E-state index is -4.20. The van der Waals surface area contributed by atoms with Gasteiger partial charge in [0.1, 0.15) is 0 Å². The first kappa shape index (κ1) is 9.06. The summed E-state index contributed by atoms with van der Waals surface area (Å²) in [6.07, 6.45) is 0. The Morgan fingerprint density at radius 1 is 1.17 bits per heavy atom. The van der Waals surface area contributed by atoms with Crippen molar-refractivity contribution in [1.82, 2.24) is 0 Å². The molecule has 0 unspecified atom stereocenters. The summed E-state index contributed by atoms with van der Waals surface area (Å²) < 4.78 is 10.7. The minimum Gasteiger partial charge on any atom is -0.397 e. The number of hydrogen-bond donors (Lipinski definition) is 4. The van der Waals surface area contributed by atoms with Gasteiger partial charge in [-0.1, -0.05) is 0 Å². The molecule has 0 aliphatic rings. The predicted octanol–water partition coefficient (Wildman–Crippen LogP) is -0.346. The van der Waals surface area contributed by atoms with Gasteiger partial charge in [-0.15, -0.1) is 0 Å². The zero-order valence-electron chi connectivity index (χ0n) is 6.14. The van der Waals surface area contributed by atoms with Crippen molar-refractivity contribution >= 4 is 24.3 Å². The lowest BCUT2D eigenvalue weighted by Gasteiger charge is -2.05. The first-order chi connectivity index (χ1) is 5.41. The number of nitrogens with two attached hydrogens (primary N) is 2. The summed E-state index contributed by atoms with van der Waals surface area (Å²) in [4.78, 5) is 17.4. The van der Waals surface area contributed by atoms with Gasteiger partial charge in [0.05, 0.1) is 16.7 Å². The maximum Gasteiger partial charge on any atom is 0.356 e. The van der Waals surface area contributed by atoms with Crippen LogP contribution in [0.3, 0.4) is 0 Å². The highest BCUT2D eigenvalue weighted by Crippen LogP contribution is 2.34. The molecule has 66 valence electrons. The molecular formula is C6H9N2O3P. The van der Waals surface area contributed by atoms with E-state index < -0.39 is 7.60 Å². The van der Waals surface area contributed by atoms with Crippen LogP contribution in [0.25, 0.3) is 0 Å². The van der Waals surface area contributed by atoms with Gasteiger partial charge in [0.15, 0.2) is 0 Å². The van der Waals surface area contributed by atoms with Gasteiger partial charge in [-0.25, -0.2) is 0 Å². The molecule has 0 amide bonds. The fourth-order valence-corrected chi connectivity index (χ4v) is 1.32. The standard InChI is InChI=1S/C6H9N2O3P/c7-5-2-1-4(3-6(5)8)12(9,10)11/h1-3H,7-8H2,(H2,9,10,11). The van der Waals surface area contributed by atoms with E-state index in [4.69, 9.17) is 21.3 Å². The molecule has 0 aromatic heterocycles. The molecule has 0 spiro atoms. The summed E-state index contributed by atoms with van der Waals surface area (Å²) >= 11 is 0. The van der Waals surface area contributed by atoms with Crippen LogP contribution in [0.15, 0.2) is 18.2 Å². The lowest BCUT2D eigenvalue weighted by atomic mass is 10.3. The van der Waals surface area contributed by atoms with Crippen molar-refractivity contribution in [2.45, 2.75) is 0 Å². The van der Waals surface area contributed by atoms with Gasteiger partial charge >= 0.3 is 7.60 Å². The van der Waals surface area contributed by atoms with Crippen LogP contribution in [-0.2, 0) is 4.57 Å². The average molecular weight is 188 g/mol. The molecule has 0 bridgehead atoms. The van der Waals surface area contributed by atoms with E-state index in [1.807, 2.05) is 0 Å². The van der Waals surface area contributed by atoms with Gasteiger partial charge < -0.3 is 21.3 Å². The number of anilines is 2. The quantitative estimate of drug-likeness (QED) is 0.356. The van der Waals surface area contributed by atoms with Crippen LogP contribution < -0.4 is 16.8 Å². The monoisotopic (exact) mass is 188 g/mol. The number of hydrogen-bond acceptors (Lipinski definition) is 3. The lowest BCUT2D eigenvalue weighted by Crippen LogP contribution is -2.06. The maximum atomic E-state index is 10.7. The number of benzene rings is 1. The first-order valence-electron chi connectivity index (χ1n) is 3.12. The van der Waals surface area contributed by atoms with E-state index in [0.717, 1.165) is 0 Å². The summed E-state index contributed by atoms with van der Waals surface area (Å²) in [5.41, 5.74) is 11.2. The van der Waals surface area contributed by atoms with Gasteiger partial charge in [-0.2, -0.15) is 0 Å². The van der Waals surface area contributed by atoms with Gasteiger partial charge in [-0.05, 0) is 18.2 Å². The highest BCUT2D eigenvalue weighted by molar-refractivity contribution is 7.60. The number of rotatable bonds is 1.